The first-order valence-corrected chi connectivity index (χ1v) is 10.2. The lowest BCUT2D eigenvalue weighted by atomic mass is 10.1. The maximum atomic E-state index is 12.7. The fourth-order valence-electron chi connectivity index (χ4n) is 3.02. The Kier molecular flexibility index (Phi) is 6.18. The maximum absolute atomic E-state index is 12.7. The Hall–Kier alpha value is -2.61. The number of thioether (sulfide) groups is 1. The number of amides is 1. The van der Waals surface area contributed by atoms with E-state index in [0.717, 1.165) is 41.0 Å². The van der Waals surface area contributed by atoms with Crippen LogP contribution in [0.3, 0.4) is 0 Å². The van der Waals surface area contributed by atoms with Gasteiger partial charge in [0.15, 0.2) is 5.16 Å². The van der Waals surface area contributed by atoms with Crippen LogP contribution in [-0.2, 0) is 24.8 Å². The fourth-order valence-corrected chi connectivity index (χ4v) is 3.96. The summed E-state index contributed by atoms with van der Waals surface area (Å²) >= 11 is 1.42. The number of nitrogens with zero attached hydrogens (tertiary/aromatic N) is 5. The number of rotatable bonds is 7. The van der Waals surface area contributed by atoms with E-state index in [1.165, 1.54) is 17.3 Å². The highest BCUT2D eigenvalue weighted by Crippen LogP contribution is 2.25. The number of hydrogen-bond donors (Lipinski definition) is 1. The molecule has 0 aliphatic heterocycles. The molecule has 2 aromatic heterocycles. The third-order valence-corrected chi connectivity index (χ3v) is 5.80. The monoisotopic (exact) mass is 398 g/mol. The van der Waals surface area contributed by atoms with Gasteiger partial charge >= 0.3 is 0 Å². The van der Waals surface area contributed by atoms with Gasteiger partial charge in [-0.05, 0) is 33.3 Å². The molecule has 8 heteroatoms. The largest absolute Gasteiger partial charge is 0.322 e. The zero-order valence-corrected chi connectivity index (χ0v) is 17.7. The van der Waals surface area contributed by atoms with E-state index >= 15 is 0 Å². The van der Waals surface area contributed by atoms with E-state index in [9.17, 15) is 4.79 Å². The van der Waals surface area contributed by atoms with Gasteiger partial charge in [-0.15, -0.1) is 10.2 Å². The first kappa shape index (κ1) is 20.1. The molecule has 3 aromatic rings. The number of benzene rings is 1. The molecular formula is C20H26N6OS. The molecule has 1 unspecified atom stereocenters. The smallest absolute Gasteiger partial charge is 0.237 e. The number of anilines is 1. The van der Waals surface area contributed by atoms with Gasteiger partial charge in [0, 0.05) is 20.0 Å². The van der Waals surface area contributed by atoms with Crippen LogP contribution in [-0.4, -0.2) is 35.7 Å². The average molecular weight is 399 g/mol. The number of aryl methyl sites for hydroxylation is 2. The Balaban J connectivity index is 1.71. The first-order chi connectivity index (χ1) is 13.4. The van der Waals surface area contributed by atoms with Crippen LogP contribution < -0.4 is 5.32 Å². The summed E-state index contributed by atoms with van der Waals surface area (Å²) in [6.45, 7) is 8.54. The molecule has 0 aliphatic carbocycles. The highest BCUT2D eigenvalue weighted by atomic mass is 32.2. The summed E-state index contributed by atoms with van der Waals surface area (Å²) in [5.41, 5.74) is 3.72. The topological polar surface area (TPSA) is 77.6 Å². The third-order valence-electron chi connectivity index (χ3n) is 4.72. The van der Waals surface area contributed by atoms with Crippen molar-refractivity contribution in [1.29, 1.82) is 0 Å². The lowest BCUT2D eigenvalue weighted by Crippen LogP contribution is -2.23. The standard InChI is InChI=1S/C20H26N6OS/c1-6-26-17(12-16-10-8-7-9-11-16)22-23-20(26)28-15(4)19(27)21-18-13(2)24-25(5)14(18)3/h7-11,15H,6,12H2,1-5H3,(H,21,27). The van der Waals surface area contributed by atoms with Gasteiger partial charge in [0.05, 0.1) is 22.3 Å². The van der Waals surface area contributed by atoms with Gasteiger partial charge in [-0.1, -0.05) is 42.1 Å². The van der Waals surface area contributed by atoms with Crippen molar-refractivity contribution in [2.24, 2.45) is 7.05 Å². The van der Waals surface area contributed by atoms with Crippen LogP contribution in [0.1, 0.15) is 36.6 Å². The number of nitrogens with one attached hydrogen (secondary N) is 1. The lowest BCUT2D eigenvalue weighted by Gasteiger charge is -2.13. The quantitative estimate of drug-likeness (QED) is 0.618. The number of carbonyl (C=O) groups excluding carboxylic acids is 1. The van der Waals surface area contributed by atoms with Crippen LogP contribution in [0.4, 0.5) is 5.69 Å². The molecule has 2 heterocycles. The van der Waals surface area contributed by atoms with Gasteiger partial charge < -0.3 is 9.88 Å². The van der Waals surface area contributed by atoms with E-state index in [-0.39, 0.29) is 11.2 Å². The molecule has 148 valence electrons. The van der Waals surface area contributed by atoms with Crippen LogP contribution in [0.25, 0.3) is 0 Å². The Morgan fingerprint density at radius 1 is 1.21 bits per heavy atom. The summed E-state index contributed by atoms with van der Waals surface area (Å²) in [5.74, 6) is 0.835. The molecule has 0 saturated heterocycles. The van der Waals surface area contributed by atoms with E-state index in [2.05, 4.69) is 44.2 Å². The van der Waals surface area contributed by atoms with E-state index in [1.807, 2.05) is 46.0 Å². The number of hydrogen-bond acceptors (Lipinski definition) is 5. The van der Waals surface area contributed by atoms with Crippen molar-refractivity contribution in [1.82, 2.24) is 24.5 Å². The van der Waals surface area contributed by atoms with Gasteiger partial charge in [0.2, 0.25) is 5.91 Å². The summed E-state index contributed by atoms with van der Waals surface area (Å²) in [7, 11) is 1.87. The van der Waals surface area contributed by atoms with Gasteiger partial charge in [0.25, 0.3) is 0 Å². The Morgan fingerprint density at radius 3 is 2.54 bits per heavy atom. The summed E-state index contributed by atoms with van der Waals surface area (Å²) in [4.78, 5) is 12.7. The van der Waals surface area contributed by atoms with Crippen molar-refractivity contribution in [3.8, 4) is 0 Å². The van der Waals surface area contributed by atoms with Crippen molar-refractivity contribution in [2.75, 3.05) is 5.32 Å². The van der Waals surface area contributed by atoms with Crippen molar-refractivity contribution >= 4 is 23.4 Å². The number of carbonyl (C=O) groups is 1. The molecule has 0 spiro atoms. The van der Waals surface area contributed by atoms with Crippen molar-refractivity contribution in [3.05, 3.63) is 53.1 Å². The highest BCUT2D eigenvalue weighted by Gasteiger charge is 2.22. The minimum absolute atomic E-state index is 0.0699. The molecule has 1 aromatic carbocycles. The van der Waals surface area contributed by atoms with Crippen LogP contribution in [0.15, 0.2) is 35.5 Å². The van der Waals surface area contributed by atoms with E-state index in [4.69, 9.17) is 0 Å². The van der Waals surface area contributed by atoms with Crippen molar-refractivity contribution in [2.45, 2.75) is 51.1 Å². The second-order valence-corrected chi connectivity index (χ2v) is 8.03. The van der Waals surface area contributed by atoms with Crippen LogP contribution in [0, 0.1) is 13.8 Å². The average Bonchev–Trinajstić information content (AvgIpc) is 3.17. The molecule has 0 radical (unpaired) electrons. The van der Waals surface area contributed by atoms with Crippen LogP contribution in [0.2, 0.25) is 0 Å². The Morgan fingerprint density at radius 2 is 1.93 bits per heavy atom. The van der Waals surface area contributed by atoms with Gasteiger partial charge in [0.1, 0.15) is 5.82 Å². The lowest BCUT2D eigenvalue weighted by molar-refractivity contribution is -0.115. The molecule has 0 bridgehead atoms. The third kappa shape index (κ3) is 4.27. The normalized spacial score (nSPS) is 12.2. The van der Waals surface area contributed by atoms with Gasteiger partial charge in [-0.3, -0.25) is 9.48 Å². The van der Waals surface area contributed by atoms with Crippen molar-refractivity contribution < 1.29 is 4.79 Å². The van der Waals surface area contributed by atoms with Crippen LogP contribution in [0.5, 0.6) is 0 Å². The van der Waals surface area contributed by atoms with E-state index in [1.54, 1.807) is 4.68 Å². The number of aromatic nitrogens is 5. The predicted molar refractivity (Wildman–Crippen MR) is 112 cm³/mol. The zero-order chi connectivity index (χ0) is 20.3. The SMILES string of the molecule is CCn1c(Cc2ccccc2)nnc1SC(C)C(=O)Nc1c(C)nn(C)c1C. The predicted octanol–water partition coefficient (Wildman–Crippen LogP) is 3.36. The molecule has 7 nitrogen and oxygen atoms in total. The maximum Gasteiger partial charge on any atom is 0.237 e. The van der Waals surface area contributed by atoms with Crippen LogP contribution >= 0.6 is 11.8 Å². The molecule has 0 fully saturated rings. The minimum Gasteiger partial charge on any atom is -0.322 e. The molecular weight excluding hydrogens is 372 g/mol. The summed E-state index contributed by atoms with van der Waals surface area (Å²) < 4.78 is 3.84. The molecule has 3 rings (SSSR count). The molecule has 1 N–H and O–H groups in total. The van der Waals surface area contributed by atoms with E-state index in [0.29, 0.717) is 0 Å². The molecule has 0 aliphatic rings. The fraction of sp³-hybridized carbons (Fsp3) is 0.400. The zero-order valence-electron chi connectivity index (χ0n) is 16.9. The second kappa shape index (κ2) is 8.60. The van der Waals surface area contributed by atoms with Crippen molar-refractivity contribution in [3.63, 3.8) is 0 Å². The van der Waals surface area contributed by atoms with E-state index < -0.39 is 0 Å². The second-order valence-electron chi connectivity index (χ2n) is 6.72. The highest BCUT2D eigenvalue weighted by molar-refractivity contribution is 8.00. The Labute approximate surface area is 169 Å². The van der Waals surface area contributed by atoms with Gasteiger partial charge in [-0.25, -0.2) is 0 Å². The van der Waals surface area contributed by atoms with Gasteiger partial charge in [-0.2, -0.15) is 5.10 Å². The Bertz CT molecular complexity index is 963. The molecule has 1 amide bonds. The summed E-state index contributed by atoms with van der Waals surface area (Å²) in [6.07, 6.45) is 0.719. The minimum atomic E-state index is -0.307. The summed E-state index contributed by atoms with van der Waals surface area (Å²) in [6, 6.07) is 10.2. The molecule has 1 atom stereocenters. The first-order valence-electron chi connectivity index (χ1n) is 9.34. The summed E-state index contributed by atoms with van der Waals surface area (Å²) in [5, 5.41) is 16.5. The molecule has 0 saturated carbocycles. The molecule has 28 heavy (non-hydrogen) atoms.